The number of halogens is 2. The van der Waals surface area contributed by atoms with Crippen LogP contribution in [0.3, 0.4) is 0 Å². The number of nitrogens with one attached hydrogen (secondary N) is 1. The molecule has 4 N–H and O–H groups in total. The van der Waals surface area contributed by atoms with Crippen LogP contribution in [0.4, 0.5) is 15.8 Å². The van der Waals surface area contributed by atoms with Gasteiger partial charge in [0.05, 0.1) is 22.0 Å². The van der Waals surface area contributed by atoms with Gasteiger partial charge >= 0.3 is 0 Å². The van der Waals surface area contributed by atoms with E-state index in [4.69, 9.17) is 17.3 Å². The van der Waals surface area contributed by atoms with E-state index in [1.54, 1.807) is 18.2 Å². The highest BCUT2D eigenvalue weighted by Crippen LogP contribution is 2.29. The van der Waals surface area contributed by atoms with E-state index in [1.807, 2.05) is 0 Å². The number of para-hydroxylation sites is 1. The number of amides is 1. The summed E-state index contributed by atoms with van der Waals surface area (Å²) in [6, 6.07) is 7.83. The number of hydrogen-bond donors (Lipinski definition) is 3. The normalized spacial score (nSPS) is 10.2. The van der Waals surface area contributed by atoms with E-state index in [0.717, 1.165) is 18.2 Å². The van der Waals surface area contributed by atoms with Crippen molar-refractivity contribution in [3.63, 3.8) is 0 Å². The molecule has 2 aromatic rings. The van der Waals surface area contributed by atoms with Crippen LogP contribution in [0, 0.1) is 5.82 Å². The lowest BCUT2D eigenvalue weighted by molar-refractivity contribution is 0.102. The third-order valence-corrected chi connectivity index (χ3v) is 2.80. The molecule has 0 saturated carbocycles. The fourth-order valence-electron chi connectivity index (χ4n) is 1.54. The van der Waals surface area contributed by atoms with Crippen LogP contribution < -0.4 is 11.1 Å². The van der Waals surface area contributed by atoms with E-state index in [1.165, 1.54) is 0 Å². The molecule has 0 atom stereocenters. The van der Waals surface area contributed by atoms with Crippen LogP contribution in [-0.2, 0) is 0 Å². The number of phenols is 1. The van der Waals surface area contributed by atoms with Crippen LogP contribution in [0.2, 0.25) is 5.02 Å². The van der Waals surface area contributed by atoms with Gasteiger partial charge in [-0.2, -0.15) is 0 Å². The zero-order chi connectivity index (χ0) is 14.0. The smallest absolute Gasteiger partial charge is 0.259 e. The molecule has 0 fully saturated rings. The molecule has 0 aromatic heterocycles. The summed E-state index contributed by atoms with van der Waals surface area (Å²) >= 11 is 5.90. The first-order chi connectivity index (χ1) is 8.99. The molecule has 0 aliphatic carbocycles. The monoisotopic (exact) mass is 280 g/mol. The summed E-state index contributed by atoms with van der Waals surface area (Å²) in [6.07, 6.45) is 0. The molecular weight excluding hydrogens is 271 g/mol. The average Bonchev–Trinajstić information content (AvgIpc) is 2.37. The van der Waals surface area contributed by atoms with Crippen molar-refractivity contribution in [1.82, 2.24) is 0 Å². The summed E-state index contributed by atoms with van der Waals surface area (Å²) in [5.74, 6) is -1.66. The summed E-state index contributed by atoms with van der Waals surface area (Å²) in [6.45, 7) is 0. The Bertz CT molecular complexity index is 626. The molecule has 1 amide bonds. The van der Waals surface area contributed by atoms with Gasteiger partial charge in [-0.05, 0) is 30.3 Å². The summed E-state index contributed by atoms with van der Waals surface area (Å²) in [5, 5.41) is 12.2. The molecule has 19 heavy (non-hydrogen) atoms. The highest BCUT2D eigenvalue weighted by molar-refractivity contribution is 6.34. The standard InChI is InChI=1S/C13H10ClFN2O2/c14-9-2-1-3-10(16)12(9)17-13(19)8-6-7(15)4-5-11(8)18/h1-6,18H,16H2,(H,17,19). The second-order valence-electron chi connectivity index (χ2n) is 3.82. The van der Waals surface area contributed by atoms with Crippen LogP contribution in [0.1, 0.15) is 10.4 Å². The lowest BCUT2D eigenvalue weighted by atomic mass is 10.1. The van der Waals surface area contributed by atoms with E-state index in [2.05, 4.69) is 5.32 Å². The third kappa shape index (κ3) is 2.77. The molecular formula is C13H10ClFN2O2. The molecule has 0 aliphatic heterocycles. The van der Waals surface area contributed by atoms with Gasteiger partial charge in [0, 0.05) is 0 Å². The minimum absolute atomic E-state index is 0.195. The van der Waals surface area contributed by atoms with Crippen molar-refractivity contribution in [2.24, 2.45) is 0 Å². The Labute approximate surface area is 113 Å². The quantitative estimate of drug-likeness (QED) is 0.740. The number of phenolic OH excluding ortho intramolecular Hbond substituents is 1. The van der Waals surface area contributed by atoms with Gasteiger partial charge in [0.15, 0.2) is 0 Å². The lowest BCUT2D eigenvalue weighted by Crippen LogP contribution is -2.14. The molecule has 0 saturated heterocycles. The second-order valence-corrected chi connectivity index (χ2v) is 4.23. The number of benzene rings is 2. The van der Waals surface area contributed by atoms with Crippen molar-refractivity contribution >= 4 is 28.9 Å². The van der Waals surface area contributed by atoms with E-state index >= 15 is 0 Å². The van der Waals surface area contributed by atoms with Gasteiger partial charge < -0.3 is 16.2 Å². The highest BCUT2D eigenvalue weighted by atomic mass is 35.5. The maximum atomic E-state index is 13.1. The van der Waals surface area contributed by atoms with Crippen molar-refractivity contribution in [1.29, 1.82) is 0 Å². The Morgan fingerprint density at radius 1 is 1.32 bits per heavy atom. The van der Waals surface area contributed by atoms with Gasteiger partial charge in [-0.3, -0.25) is 4.79 Å². The van der Waals surface area contributed by atoms with E-state index in [0.29, 0.717) is 0 Å². The van der Waals surface area contributed by atoms with Crippen LogP contribution >= 0.6 is 11.6 Å². The van der Waals surface area contributed by atoms with E-state index < -0.39 is 11.7 Å². The summed E-state index contributed by atoms with van der Waals surface area (Å²) < 4.78 is 13.1. The molecule has 6 heteroatoms. The number of aromatic hydroxyl groups is 1. The average molecular weight is 281 g/mol. The van der Waals surface area contributed by atoms with Crippen LogP contribution in [0.5, 0.6) is 5.75 Å². The Balaban J connectivity index is 2.34. The summed E-state index contributed by atoms with van der Waals surface area (Å²) in [4.78, 5) is 11.9. The molecule has 0 heterocycles. The SMILES string of the molecule is Nc1cccc(Cl)c1NC(=O)c1cc(F)ccc1O. The number of carbonyl (C=O) groups is 1. The van der Waals surface area contributed by atoms with Crippen LogP contribution in [0.25, 0.3) is 0 Å². The molecule has 2 aromatic carbocycles. The van der Waals surface area contributed by atoms with Gasteiger partial charge in [0.25, 0.3) is 5.91 Å². The topological polar surface area (TPSA) is 75.3 Å². The van der Waals surface area contributed by atoms with Crippen LogP contribution in [-0.4, -0.2) is 11.0 Å². The van der Waals surface area contributed by atoms with Crippen LogP contribution in [0.15, 0.2) is 36.4 Å². The van der Waals surface area contributed by atoms with Crippen molar-refractivity contribution in [2.45, 2.75) is 0 Å². The molecule has 4 nitrogen and oxygen atoms in total. The number of nitrogens with two attached hydrogens (primary N) is 1. The maximum Gasteiger partial charge on any atom is 0.259 e. The molecule has 0 aliphatic rings. The van der Waals surface area contributed by atoms with Crippen molar-refractivity contribution in [3.05, 3.63) is 52.8 Å². The molecule has 0 bridgehead atoms. The zero-order valence-electron chi connectivity index (χ0n) is 9.65. The largest absolute Gasteiger partial charge is 0.507 e. The van der Waals surface area contributed by atoms with E-state index in [9.17, 15) is 14.3 Å². The van der Waals surface area contributed by atoms with Gasteiger partial charge in [0.1, 0.15) is 11.6 Å². The molecule has 98 valence electrons. The second kappa shape index (κ2) is 5.16. The minimum Gasteiger partial charge on any atom is -0.507 e. The third-order valence-electron chi connectivity index (χ3n) is 2.49. The first-order valence-electron chi connectivity index (χ1n) is 5.33. The van der Waals surface area contributed by atoms with Crippen molar-refractivity contribution < 1.29 is 14.3 Å². The van der Waals surface area contributed by atoms with Gasteiger partial charge in [-0.25, -0.2) is 4.39 Å². The Kier molecular flexibility index (Phi) is 3.57. The molecule has 2 rings (SSSR count). The Morgan fingerprint density at radius 2 is 2.05 bits per heavy atom. The predicted molar refractivity (Wildman–Crippen MR) is 71.9 cm³/mol. The number of anilines is 2. The number of nitrogen functional groups attached to an aromatic ring is 1. The highest BCUT2D eigenvalue weighted by Gasteiger charge is 2.15. The minimum atomic E-state index is -0.697. The Hall–Kier alpha value is -2.27. The van der Waals surface area contributed by atoms with Gasteiger partial charge in [0.2, 0.25) is 0 Å². The summed E-state index contributed by atoms with van der Waals surface area (Å²) in [5.41, 5.74) is 5.98. The first-order valence-corrected chi connectivity index (χ1v) is 5.70. The van der Waals surface area contributed by atoms with E-state index in [-0.39, 0.29) is 27.7 Å². The molecule has 0 unspecified atom stereocenters. The molecule has 0 radical (unpaired) electrons. The predicted octanol–water partition coefficient (Wildman–Crippen LogP) is 3.02. The Morgan fingerprint density at radius 3 is 2.74 bits per heavy atom. The van der Waals surface area contributed by atoms with Crippen molar-refractivity contribution in [2.75, 3.05) is 11.1 Å². The zero-order valence-corrected chi connectivity index (χ0v) is 10.4. The summed E-state index contributed by atoms with van der Waals surface area (Å²) in [7, 11) is 0. The number of rotatable bonds is 2. The van der Waals surface area contributed by atoms with Gasteiger partial charge in [-0.1, -0.05) is 17.7 Å². The fraction of sp³-hybridized carbons (Fsp3) is 0. The van der Waals surface area contributed by atoms with Gasteiger partial charge in [-0.15, -0.1) is 0 Å². The lowest BCUT2D eigenvalue weighted by Gasteiger charge is -2.10. The van der Waals surface area contributed by atoms with Crippen molar-refractivity contribution in [3.8, 4) is 5.75 Å². The maximum absolute atomic E-state index is 13.1. The number of carbonyl (C=O) groups excluding carboxylic acids is 1. The first kappa shape index (κ1) is 13.2. The fourth-order valence-corrected chi connectivity index (χ4v) is 1.77. The molecule has 0 spiro atoms. The number of hydrogen-bond acceptors (Lipinski definition) is 3.